The fourth-order valence-electron chi connectivity index (χ4n) is 0.683. The smallest absolute Gasteiger partial charge is 0.289 e. The summed E-state index contributed by atoms with van der Waals surface area (Å²) in [5.74, 6) is -2.82. The second-order valence-electron chi connectivity index (χ2n) is 2.97. The van der Waals surface area contributed by atoms with Crippen LogP contribution < -0.4 is 0 Å². The van der Waals surface area contributed by atoms with Crippen LogP contribution in [0.15, 0.2) is 4.99 Å². The molecule has 106 valence electrons. The molecule has 0 rings (SSSR count). The van der Waals surface area contributed by atoms with Crippen molar-refractivity contribution in [3.05, 3.63) is 0 Å². The standard InChI is InChI=1S/C7H4F9NO/c8-5(9,10)2-17-3(6(11,12)13)1-4(18)7(14,15)16/h1-2H2. The van der Waals surface area contributed by atoms with Gasteiger partial charge in [-0.2, -0.15) is 39.5 Å². The lowest BCUT2D eigenvalue weighted by Crippen LogP contribution is -2.33. The fourth-order valence-corrected chi connectivity index (χ4v) is 0.683. The Kier molecular flexibility index (Phi) is 4.77. The number of alkyl halides is 9. The van der Waals surface area contributed by atoms with Gasteiger partial charge in [-0.25, -0.2) is 0 Å². The van der Waals surface area contributed by atoms with Gasteiger partial charge in [0.2, 0.25) is 5.78 Å². The van der Waals surface area contributed by atoms with Crippen LogP contribution in [0.25, 0.3) is 0 Å². The molecule has 0 amide bonds. The molecule has 2 nitrogen and oxygen atoms in total. The van der Waals surface area contributed by atoms with Crippen molar-refractivity contribution in [1.29, 1.82) is 0 Å². The lowest BCUT2D eigenvalue weighted by Gasteiger charge is -2.12. The number of rotatable bonds is 3. The van der Waals surface area contributed by atoms with Gasteiger partial charge in [0.05, 0.1) is 6.42 Å². The highest BCUT2D eigenvalue weighted by atomic mass is 19.4. The quantitative estimate of drug-likeness (QED) is 0.580. The molecule has 11 heteroatoms. The van der Waals surface area contributed by atoms with Crippen LogP contribution in [0.1, 0.15) is 6.42 Å². The topological polar surface area (TPSA) is 29.4 Å². The number of aliphatic imine (C=N–C) groups is 1. The van der Waals surface area contributed by atoms with E-state index < -0.39 is 43.0 Å². The Hall–Kier alpha value is -1.29. The molecule has 0 aliphatic carbocycles. The zero-order valence-electron chi connectivity index (χ0n) is 8.17. The van der Waals surface area contributed by atoms with E-state index in [9.17, 15) is 44.3 Å². The molecule has 0 aliphatic heterocycles. The summed E-state index contributed by atoms with van der Waals surface area (Å²) in [7, 11) is 0. The average Bonchev–Trinajstić information content (AvgIpc) is 2.06. The lowest BCUT2D eigenvalue weighted by molar-refractivity contribution is -0.170. The maximum Gasteiger partial charge on any atom is 0.450 e. The number of carbonyl (C=O) groups excluding carboxylic acids is 1. The molecule has 0 aliphatic rings. The minimum Gasteiger partial charge on any atom is -0.289 e. The molecule has 0 bridgehead atoms. The highest BCUT2D eigenvalue weighted by molar-refractivity contribution is 6.06. The molecule has 0 saturated carbocycles. The monoisotopic (exact) mass is 289 g/mol. The minimum absolute atomic E-state index is 1.97. The molecule has 0 aromatic carbocycles. The van der Waals surface area contributed by atoms with E-state index in [0.717, 1.165) is 0 Å². The molecule has 0 spiro atoms. The van der Waals surface area contributed by atoms with Crippen molar-refractivity contribution >= 4 is 11.5 Å². The molecule has 18 heavy (non-hydrogen) atoms. The summed E-state index contributed by atoms with van der Waals surface area (Å²) in [6.07, 6.45) is -18.5. The fraction of sp³-hybridized carbons (Fsp3) is 0.714. The van der Waals surface area contributed by atoms with Crippen molar-refractivity contribution in [3.63, 3.8) is 0 Å². The van der Waals surface area contributed by atoms with Gasteiger partial charge in [0.25, 0.3) is 0 Å². The summed E-state index contributed by atoms with van der Waals surface area (Å²) in [5, 5.41) is 0. The number of carbonyl (C=O) groups is 1. The molecule has 0 unspecified atom stereocenters. The maximum atomic E-state index is 12.0. The van der Waals surface area contributed by atoms with Gasteiger partial charge < -0.3 is 0 Å². The number of nitrogens with zero attached hydrogens (tertiary/aromatic N) is 1. The van der Waals surface area contributed by atoms with E-state index in [2.05, 4.69) is 0 Å². The average molecular weight is 289 g/mol. The Labute approximate surface area is 93.5 Å². The molecule has 0 atom stereocenters. The van der Waals surface area contributed by atoms with E-state index in [4.69, 9.17) is 0 Å². The van der Waals surface area contributed by atoms with Gasteiger partial charge >= 0.3 is 18.5 Å². The van der Waals surface area contributed by atoms with Crippen molar-refractivity contribution in [2.24, 2.45) is 4.99 Å². The number of halogens is 9. The van der Waals surface area contributed by atoms with Crippen LogP contribution in [-0.4, -0.2) is 36.6 Å². The number of Topliss-reactive ketones (excluding diaryl/α,β-unsaturated/α-hetero) is 1. The van der Waals surface area contributed by atoms with Gasteiger partial charge in [-0.05, 0) is 0 Å². The first kappa shape index (κ1) is 16.7. The predicted molar refractivity (Wildman–Crippen MR) is 40.1 cm³/mol. The highest BCUT2D eigenvalue weighted by Gasteiger charge is 2.45. The molecular formula is C7H4F9NO. The summed E-state index contributed by atoms with van der Waals surface area (Å²) < 4.78 is 106. The predicted octanol–water partition coefficient (Wildman–Crippen LogP) is 3.07. The lowest BCUT2D eigenvalue weighted by atomic mass is 10.2. The van der Waals surface area contributed by atoms with E-state index in [-0.39, 0.29) is 0 Å². The van der Waals surface area contributed by atoms with E-state index in [0.29, 0.717) is 0 Å². The zero-order chi connectivity index (χ0) is 14.8. The zero-order valence-corrected chi connectivity index (χ0v) is 8.17. The van der Waals surface area contributed by atoms with E-state index in [1.807, 2.05) is 4.99 Å². The summed E-state index contributed by atoms with van der Waals surface area (Å²) in [6.45, 7) is -2.31. The number of ketones is 1. The van der Waals surface area contributed by atoms with Gasteiger partial charge in [-0.1, -0.05) is 0 Å². The molecular weight excluding hydrogens is 285 g/mol. The third-order valence-electron chi connectivity index (χ3n) is 1.42. The van der Waals surface area contributed by atoms with Crippen molar-refractivity contribution in [1.82, 2.24) is 0 Å². The van der Waals surface area contributed by atoms with Crippen molar-refractivity contribution in [3.8, 4) is 0 Å². The van der Waals surface area contributed by atoms with Crippen molar-refractivity contribution < 1.29 is 44.3 Å². The van der Waals surface area contributed by atoms with Crippen LogP contribution >= 0.6 is 0 Å². The minimum atomic E-state index is -5.57. The molecule has 0 aromatic rings. The first-order chi connectivity index (χ1) is 7.73. The van der Waals surface area contributed by atoms with Gasteiger partial charge in [-0.3, -0.25) is 9.79 Å². The second-order valence-corrected chi connectivity index (χ2v) is 2.97. The Morgan fingerprint density at radius 2 is 1.28 bits per heavy atom. The van der Waals surface area contributed by atoms with E-state index in [1.54, 1.807) is 0 Å². The SMILES string of the molecule is O=C(CC(=NCC(F)(F)F)C(F)(F)F)C(F)(F)F. The van der Waals surface area contributed by atoms with E-state index >= 15 is 0 Å². The van der Waals surface area contributed by atoms with Crippen LogP contribution in [0.3, 0.4) is 0 Å². The van der Waals surface area contributed by atoms with Gasteiger partial charge in [0.1, 0.15) is 12.3 Å². The molecule has 0 fully saturated rings. The maximum absolute atomic E-state index is 12.0. The number of hydrogen-bond donors (Lipinski definition) is 0. The van der Waals surface area contributed by atoms with E-state index in [1.165, 1.54) is 0 Å². The second kappa shape index (κ2) is 5.14. The first-order valence-electron chi connectivity index (χ1n) is 4.01. The summed E-state index contributed by atoms with van der Waals surface area (Å²) in [5.41, 5.74) is -2.41. The normalized spacial score (nSPS) is 14.8. The highest BCUT2D eigenvalue weighted by Crippen LogP contribution is 2.25. The van der Waals surface area contributed by atoms with Crippen molar-refractivity contribution in [2.75, 3.05) is 6.54 Å². The molecule has 0 saturated heterocycles. The Bertz CT molecular complexity index is 334. The largest absolute Gasteiger partial charge is 0.450 e. The summed E-state index contributed by atoms with van der Waals surface area (Å²) >= 11 is 0. The molecule has 0 radical (unpaired) electrons. The molecule has 0 aromatic heterocycles. The molecule has 0 N–H and O–H groups in total. The van der Waals surface area contributed by atoms with Gasteiger partial charge in [0.15, 0.2) is 0 Å². The Morgan fingerprint density at radius 1 is 0.833 bits per heavy atom. The van der Waals surface area contributed by atoms with Gasteiger partial charge in [-0.15, -0.1) is 0 Å². The van der Waals surface area contributed by atoms with Crippen LogP contribution in [0.5, 0.6) is 0 Å². The Balaban J connectivity index is 5.00. The molecule has 0 heterocycles. The van der Waals surface area contributed by atoms with Crippen molar-refractivity contribution in [2.45, 2.75) is 24.9 Å². The van der Waals surface area contributed by atoms with Crippen LogP contribution in [0, 0.1) is 0 Å². The third kappa shape index (κ3) is 6.45. The van der Waals surface area contributed by atoms with Gasteiger partial charge in [0, 0.05) is 0 Å². The first-order valence-corrected chi connectivity index (χ1v) is 4.01. The van der Waals surface area contributed by atoms with Crippen LogP contribution in [-0.2, 0) is 4.79 Å². The Morgan fingerprint density at radius 3 is 1.56 bits per heavy atom. The third-order valence-corrected chi connectivity index (χ3v) is 1.42. The van der Waals surface area contributed by atoms with Crippen LogP contribution in [0.2, 0.25) is 0 Å². The summed E-state index contributed by atoms with van der Waals surface area (Å²) in [4.78, 5) is 12.2. The summed E-state index contributed by atoms with van der Waals surface area (Å²) in [6, 6.07) is 0. The van der Waals surface area contributed by atoms with Crippen LogP contribution in [0.4, 0.5) is 39.5 Å². The number of hydrogen-bond acceptors (Lipinski definition) is 2.